The molecule has 0 saturated heterocycles. The Morgan fingerprint density at radius 2 is 2.21 bits per heavy atom. The largest absolute Gasteiger partial charge is 0.378 e. The van der Waals surface area contributed by atoms with Gasteiger partial charge in [-0.2, -0.15) is 0 Å². The van der Waals surface area contributed by atoms with Gasteiger partial charge in [-0.05, 0) is 57.7 Å². The maximum atomic E-state index is 5.62. The summed E-state index contributed by atoms with van der Waals surface area (Å²) in [5, 5.41) is 3.43. The molecule has 1 aromatic heterocycles. The van der Waals surface area contributed by atoms with Gasteiger partial charge in [0.1, 0.15) is 0 Å². The summed E-state index contributed by atoms with van der Waals surface area (Å²) in [6.45, 7) is 5.00. The lowest BCUT2D eigenvalue weighted by molar-refractivity contribution is -0.0288. The molecular formula is C16H26N2O. The van der Waals surface area contributed by atoms with Crippen LogP contribution in [0.4, 0.5) is 0 Å². The highest BCUT2D eigenvalue weighted by atomic mass is 16.5. The van der Waals surface area contributed by atoms with Gasteiger partial charge in [0.2, 0.25) is 0 Å². The third-order valence-corrected chi connectivity index (χ3v) is 4.05. The van der Waals surface area contributed by atoms with Crippen LogP contribution in [0.1, 0.15) is 37.4 Å². The Hall–Kier alpha value is -0.930. The number of nitrogens with one attached hydrogen (secondary N) is 1. The van der Waals surface area contributed by atoms with Crippen LogP contribution in [0.25, 0.3) is 0 Å². The van der Waals surface area contributed by atoms with Crippen LogP contribution >= 0.6 is 0 Å². The van der Waals surface area contributed by atoms with Gasteiger partial charge in [-0.3, -0.25) is 4.98 Å². The number of ether oxygens (including phenoxy) is 1. The van der Waals surface area contributed by atoms with E-state index in [0.717, 1.165) is 18.9 Å². The van der Waals surface area contributed by atoms with Gasteiger partial charge in [-0.15, -0.1) is 0 Å². The number of aromatic nitrogens is 1. The van der Waals surface area contributed by atoms with Crippen molar-refractivity contribution in [1.29, 1.82) is 0 Å². The van der Waals surface area contributed by atoms with Crippen LogP contribution < -0.4 is 5.32 Å². The van der Waals surface area contributed by atoms with Crippen molar-refractivity contribution in [3.8, 4) is 0 Å². The number of likely N-dealkylation sites (N-methyl/N-ethyl adjacent to an activating group) is 1. The van der Waals surface area contributed by atoms with Gasteiger partial charge in [0.15, 0.2) is 0 Å². The summed E-state index contributed by atoms with van der Waals surface area (Å²) in [7, 11) is 2.05. The van der Waals surface area contributed by atoms with E-state index in [9.17, 15) is 0 Å². The number of hydrogen-bond acceptors (Lipinski definition) is 3. The summed E-state index contributed by atoms with van der Waals surface area (Å²) >= 11 is 0. The summed E-state index contributed by atoms with van der Waals surface area (Å²) in [6, 6.07) is 4.82. The molecule has 0 spiro atoms. The molecule has 3 nitrogen and oxygen atoms in total. The highest BCUT2D eigenvalue weighted by Gasteiger charge is 2.31. The molecule has 1 unspecified atom stereocenters. The molecule has 1 aromatic rings. The first-order chi connectivity index (χ1) is 9.21. The molecule has 1 aliphatic rings. The molecule has 2 rings (SSSR count). The van der Waals surface area contributed by atoms with Crippen LogP contribution in [0.2, 0.25) is 0 Å². The van der Waals surface area contributed by atoms with E-state index in [1.807, 2.05) is 6.20 Å². The highest BCUT2D eigenvalue weighted by Crippen LogP contribution is 2.33. The van der Waals surface area contributed by atoms with Crippen molar-refractivity contribution in [2.75, 3.05) is 13.7 Å². The van der Waals surface area contributed by atoms with Crippen molar-refractivity contribution in [1.82, 2.24) is 10.3 Å². The Kier molecular flexibility index (Phi) is 5.34. The Labute approximate surface area is 116 Å². The van der Waals surface area contributed by atoms with E-state index in [1.165, 1.54) is 30.5 Å². The topological polar surface area (TPSA) is 34.1 Å². The lowest BCUT2D eigenvalue weighted by Gasteiger charge is -2.37. The minimum Gasteiger partial charge on any atom is -0.378 e. The zero-order valence-corrected chi connectivity index (χ0v) is 12.4. The van der Waals surface area contributed by atoms with E-state index < -0.39 is 0 Å². The smallest absolute Gasteiger partial charge is 0.0580 e. The minimum absolute atomic E-state index is 0.519. The van der Waals surface area contributed by atoms with Crippen LogP contribution in [-0.2, 0) is 11.2 Å². The second-order valence-electron chi connectivity index (χ2n) is 5.67. The quantitative estimate of drug-likeness (QED) is 0.820. The van der Waals surface area contributed by atoms with Crippen molar-refractivity contribution in [2.45, 2.75) is 51.7 Å². The first-order valence-electron chi connectivity index (χ1n) is 7.41. The normalized spacial score (nSPS) is 23.9. The van der Waals surface area contributed by atoms with Gasteiger partial charge in [0.25, 0.3) is 0 Å². The maximum Gasteiger partial charge on any atom is 0.0580 e. The molecule has 1 fully saturated rings. The fourth-order valence-electron chi connectivity index (χ4n) is 2.82. The molecular weight excluding hydrogens is 236 g/mol. The Balaban J connectivity index is 1.76. The van der Waals surface area contributed by atoms with Crippen LogP contribution in [0, 0.1) is 12.8 Å². The first-order valence-corrected chi connectivity index (χ1v) is 7.41. The van der Waals surface area contributed by atoms with Crippen LogP contribution in [0.15, 0.2) is 18.3 Å². The Morgan fingerprint density at radius 1 is 1.42 bits per heavy atom. The van der Waals surface area contributed by atoms with E-state index >= 15 is 0 Å². The van der Waals surface area contributed by atoms with Gasteiger partial charge in [-0.1, -0.05) is 6.07 Å². The fraction of sp³-hybridized carbons (Fsp3) is 0.688. The molecule has 0 bridgehead atoms. The fourth-order valence-corrected chi connectivity index (χ4v) is 2.82. The van der Waals surface area contributed by atoms with Crippen LogP contribution in [0.5, 0.6) is 0 Å². The van der Waals surface area contributed by atoms with Crippen LogP contribution in [0.3, 0.4) is 0 Å². The molecule has 0 aromatic carbocycles. The molecule has 0 radical (unpaired) electrons. The average molecular weight is 262 g/mol. The minimum atomic E-state index is 0.519. The predicted molar refractivity (Wildman–Crippen MR) is 78.3 cm³/mol. The SMILES string of the molecule is CCOC1CC(CC(Cc2ccc(C)cn2)NC)C1. The summed E-state index contributed by atoms with van der Waals surface area (Å²) in [4.78, 5) is 4.50. The zero-order chi connectivity index (χ0) is 13.7. The maximum absolute atomic E-state index is 5.62. The van der Waals surface area contributed by atoms with Crippen molar-refractivity contribution >= 4 is 0 Å². The Morgan fingerprint density at radius 3 is 2.79 bits per heavy atom. The molecule has 106 valence electrons. The molecule has 19 heavy (non-hydrogen) atoms. The second kappa shape index (κ2) is 7.01. The van der Waals surface area contributed by atoms with E-state index in [2.05, 4.69) is 43.3 Å². The summed E-state index contributed by atoms with van der Waals surface area (Å²) in [5.74, 6) is 0.819. The van der Waals surface area contributed by atoms with E-state index in [0.29, 0.717) is 12.1 Å². The van der Waals surface area contributed by atoms with Crippen LogP contribution in [-0.4, -0.2) is 30.8 Å². The number of hydrogen-bond donors (Lipinski definition) is 1. The van der Waals surface area contributed by atoms with Gasteiger partial charge in [0.05, 0.1) is 6.10 Å². The monoisotopic (exact) mass is 262 g/mol. The lowest BCUT2D eigenvalue weighted by Crippen LogP contribution is -2.38. The van der Waals surface area contributed by atoms with Crippen molar-refractivity contribution < 1.29 is 4.74 Å². The molecule has 1 heterocycles. The molecule has 1 N–H and O–H groups in total. The molecule has 1 saturated carbocycles. The molecule has 3 heteroatoms. The zero-order valence-electron chi connectivity index (χ0n) is 12.4. The number of pyridine rings is 1. The molecule has 1 aliphatic carbocycles. The van der Waals surface area contributed by atoms with E-state index in [1.54, 1.807) is 0 Å². The standard InChI is InChI=1S/C16H26N2O/c1-4-19-16-8-13(9-16)7-15(17-3)10-14-6-5-12(2)11-18-14/h5-6,11,13,15-17H,4,7-10H2,1-3H3. The summed E-state index contributed by atoms with van der Waals surface area (Å²) < 4.78 is 5.62. The first kappa shape index (κ1) is 14.5. The number of nitrogens with zero attached hydrogens (tertiary/aromatic N) is 1. The van der Waals surface area contributed by atoms with Crippen molar-refractivity contribution in [3.05, 3.63) is 29.6 Å². The third kappa shape index (κ3) is 4.29. The van der Waals surface area contributed by atoms with Gasteiger partial charge in [0, 0.05) is 31.0 Å². The predicted octanol–water partition coefficient (Wildman–Crippen LogP) is 2.73. The second-order valence-corrected chi connectivity index (χ2v) is 5.67. The van der Waals surface area contributed by atoms with Gasteiger partial charge >= 0.3 is 0 Å². The van der Waals surface area contributed by atoms with E-state index in [-0.39, 0.29) is 0 Å². The van der Waals surface area contributed by atoms with E-state index in [4.69, 9.17) is 4.74 Å². The molecule has 1 atom stereocenters. The van der Waals surface area contributed by atoms with Crippen molar-refractivity contribution in [2.24, 2.45) is 5.92 Å². The van der Waals surface area contributed by atoms with Gasteiger partial charge in [-0.25, -0.2) is 0 Å². The van der Waals surface area contributed by atoms with Crippen molar-refractivity contribution in [3.63, 3.8) is 0 Å². The average Bonchev–Trinajstić information content (AvgIpc) is 2.37. The van der Waals surface area contributed by atoms with Gasteiger partial charge < -0.3 is 10.1 Å². The summed E-state index contributed by atoms with van der Waals surface area (Å²) in [5.41, 5.74) is 2.41. The third-order valence-electron chi connectivity index (χ3n) is 4.05. The summed E-state index contributed by atoms with van der Waals surface area (Å²) in [6.07, 6.45) is 7.18. The molecule has 0 aliphatic heterocycles. The molecule has 0 amide bonds. The highest BCUT2D eigenvalue weighted by molar-refractivity contribution is 5.13. The lowest BCUT2D eigenvalue weighted by atomic mass is 9.77. The number of rotatable bonds is 7. The number of aryl methyl sites for hydroxylation is 1. The Bertz CT molecular complexity index is 371.